The number of benzene rings is 1. The van der Waals surface area contributed by atoms with Crippen LogP contribution >= 0.6 is 0 Å². The SMILES string of the molecule is Cc1cccc(CC(CN)C(=O)N2CCOCC2)c1. The zero-order valence-electron chi connectivity index (χ0n) is 11.5. The van der Waals surface area contributed by atoms with Gasteiger partial charge in [-0.05, 0) is 18.9 Å². The number of carbonyl (C=O) groups is 1. The summed E-state index contributed by atoms with van der Waals surface area (Å²) in [6.07, 6.45) is 0.717. The smallest absolute Gasteiger partial charge is 0.227 e. The van der Waals surface area contributed by atoms with Crippen LogP contribution in [0.1, 0.15) is 11.1 Å². The van der Waals surface area contributed by atoms with E-state index in [4.69, 9.17) is 10.5 Å². The molecule has 104 valence electrons. The van der Waals surface area contributed by atoms with Crippen LogP contribution in [0, 0.1) is 12.8 Å². The number of nitrogens with two attached hydrogens (primary N) is 1. The van der Waals surface area contributed by atoms with Gasteiger partial charge in [0.15, 0.2) is 0 Å². The van der Waals surface area contributed by atoms with E-state index in [1.165, 1.54) is 11.1 Å². The normalized spacial score (nSPS) is 17.3. The molecular formula is C15H22N2O2. The molecule has 4 heteroatoms. The third-order valence-electron chi connectivity index (χ3n) is 3.52. The van der Waals surface area contributed by atoms with E-state index in [-0.39, 0.29) is 11.8 Å². The zero-order valence-corrected chi connectivity index (χ0v) is 11.5. The Labute approximate surface area is 114 Å². The average molecular weight is 262 g/mol. The quantitative estimate of drug-likeness (QED) is 0.879. The fourth-order valence-electron chi connectivity index (χ4n) is 2.44. The second kappa shape index (κ2) is 6.68. The molecule has 0 saturated carbocycles. The van der Waals surface area contributed by atoms with Gasteiger partial charge in [0.25, 0.3) is 0 Å². The van der Waals surface area contributed by atoms with Crippen molar-refractivity contribution < 1.29 is 9.53 Å². The van der Waals surface area contributed by atoms with Crippen LogP contribution in [-0.4, -0.2) is 43.7 Å². The topological polar surface area (TPSA) is 55.6 Å². The summed E-state index contributed by atoms with van der Waals surface area (Å²) in [5.41, 5.74) is 8.18. The monoisotopic (exact) mass is 262 g/mol. The molecule has 1 atom stereocenters. The van der Waals surface area contributed by atoms with Crippen LogP contribution < -0.4 is 5.73 Å². The van der Waals surface area contributed by atoms with Crippen molar-refractivity contribution >= 4 is 5.91 Å². The second-order valence-electron chi connectivity index (χ2n) is 5.06. The minimum Gasteiger partial charge on any atom is -0.378 e. The van der Waals surface area contributed by atoms with Crippen LogP contribution in [0.2, 0.25) is 0 Å². The zero-order chi connectivity index (χ0) is 13.7. The lowest BCUT2D eigenvalue weighted by molar-refractivity contribution is -0.139. The molecule has 1 aromatic rings. The first-order valence-electron chi connectivity index (χ1n) is 6.83. The third kappa shape index (κ3) is 3.78. The third-order valence-corrected chi connectivity index (χ3v) is 3.52. The van der Waals surface area contributed by atoms with Gasteiger partial charge in [-0.2, -0.15) is 0 Å². The lowest BCUT2D eigenvalue weighted by Gasteiger charge is -2.30. The Morgan fingerprint density at radius 2 is 2.16 bits per heavy atom. The second-order valence-corrected chi connectivity index (χ2v) is 5.06. The maximum absolute atomic E-state index is 12.4. The number of rotatable bonds is 4. The van der Waals surface area contributed by atoms with Crippen LogP contribution in [0.3, 0.4) is 0 Å². The summed E-state index contributed by atoms with van der Waals surface area (Å²) in [7, 11) is 0. The number of carbonyl (C=O) groups excluding carboxylic acids is 1. The lowest BCUT2D eigenvalue weighted by Crippen LogP contribution is -2.45. The molecule has 0 aromatic heterocycles. The molecule has 0 bridgehead atoms. The molecule has 1 aliphatic heterocycles. The predicted molar refractivity (Wildman–Crippen MR) is 74.8 cm³/mol. The van der Waals surface area contributed by atoms with Crippen molar-refractivity contribution in [3.63, 3.8) is 0 Å². The van der Waals surface area contributed by atoms with Crippen molar-refractivity contribution in [2.75, 3.05) is 32.8 Å². The maximum Gasteiger partial charge on any atom is 0.227 e. The summed E-state index contributed by atoms with van der Waals surface area (Å²) < 4.78 is 5.27. The van der Waals surface area contributed by atoms with Crippen molar-refractivity contribution in [3.8, 4) is 0 Å². The molecule has 1 amide bonds. The van der Waals surface area contributed by atoms with E-state index in [0.717, 1.165) is 0 Å². The molecule has 1 fully saturated rings. The van der Waals surface area contributed by atoms with Crippen LogP contribution in [0.4, 0.5) is 0 Å². The molecule has 2 N–H and O–H groups in total. The molecule has 1 aromatic carbocycles. The average Bonchev–Trinajstić information content (AvgIpc) is 2.45. The van der Waals surface area contributed by atoms with Crippen LogP contribution in [0.25, 0.3) is 0 Å². The predicted octanol–water partition coefficient (Wildman–Crippen LogP) is 0.971. The van der Waals surface area contributed by atoms with Gasteiger partial charge in [-0.15, -0.1) is 0 Å². The standard InChI is InChI=1S/C15H22N2O2/c1-12-3-2-4-13(9-12)10-14(11-16)15(18)17-5-7-19-8-6-17/h2-4,9,14H,5-8,10-11,16H2,1H3. The number of ether oxygens (including phenoxy) is 1. The summed E-state index contributed by atoms with van der Waals surface area (Å²) in [5.74, 6) is 0.0345. The van der Waals surface area contributed by atoms with Gasteiger partial charge in [0.2, 0.25) is 5.91 Å². The molecule has 1 aliphatic rings. The highest BCUT2D eigenvalue weighted by molar-refractivity contribution is 5.79. The van der Waals surface area contributed by atoms with Crippen molar-refractivity contribution in [1.82, 2.24) is 4.90 Å². The van der Waals surface area contributed by atoms with E-state index >= 15 is 0 Å². The number of hydrogen-bond acceptors (Lipinski definition) is 3. The van der Waals surface area contributed by atoms with Crippen molar-refractivity contribution in [2.45, 2.75) is 13.3 Å². The van der Waals surface area contributed by atoms with Gasteiger partial charge in [0, 0.05) is 19.6 Å². The van der Waals surface area contributed by atoms with E-state index in [1.54, 1.807) is 0 Å². The van der Waals surface area contributed by atoms with E-state index in [2.05, 4.69) is 25.1 Å². The van der Waals surface area contributed by atoms with Crippen LogP contribution in [-0.2, 0) is 16.0 Å². The van der Waals surface area contributed by atoms with Crippen molar-refractivity contribution in [1.29, 1.82) is 0 Å². The van der Waals surface area contributed by atoms with E-state index in [1.807, 2.05) is 11.0 Å². The first-order valence-corrected chi connectivity index (χ1v) is 6.83. The molecule has 19 heavy (non-hydrogen) atoms. The fourth-order valence-corrected chi connectivity index (χ4v) is 2.44. The highest BCUT2D eigenvalue weighted by atomic mass is 16.5. The highest BCUT2D eigenvalue weighted by Gasteiger charge is 2.24. The van der Waals surface area contributed by atoms with E-state index in [9.17, 15) is 4.79 Å². The van der Waals surface area contributed by atoms with Gasteiger partial charge >= 0.3 is 0 Å². The Bertz CT molecular complexity index is 428. The van der Waals surface area contributed by atoms with Gasteiger partial charge in [0.05, 0.1) is 19.1 Å². The first-order chi connectivity index (χ1) is 9.20. The largest absolute Gasteiger partial charge is 0.378 e. The fraction of sp³-hybridized carbons (Fsp3) is 0.533. The Kier molecular flexibility index (Phi) is 4.93. The summed E-state index contributed by atoms with van der Waals surface area (Å²) in [4.78, 5) is 14.3. The molecule has 1 heterocycles. The van der Waals surface area contributed by atoms with E-state index in [0.29, 0.717) is 39.3 Å². The number of morpholine rings is 1. The van der Waals surface area contributed by atoms with Crippen molar-refractivity contribution in [2.24, 2.45) is 11.7 Å². The summed E-state index contributed by atoms with van der Waals surface area (Å²) in [6.45, 7) is 5.09. The van der Waals surface area contributed by atoms with Crippen LogP contribution in [0.15, 0.2) is 24.3 Å². The molecule has 0 aliphatic carbocycles. The Morgan fingerprint density at radius 3 is 2.79 bits per heavy atom. The van der Waals surface area contributed by atoms with Crippen molar-refractivity contribution in [3.05, 3.63) is 35.4 Å². The van der Waals surface area contributed by atoms with Gasteiger partial charge in [0.1, 0.15) is 0 Å². The molecule has 0 spiro atoms. The Hall–Kier alpha value is -1.39. The van der Waals surface area contributed by atoms with E-state index < -0.39 is 0 Å². The van der Waals surface area contributed by atoms with Crippen LogP contribution in [0.5, 0.6) is 0 Å². The number of nitrogens with zero attached hydrogens (tertiary/aromatic N) is 1. The molecule has 4 nitrogen and oxygen atoms in total. The van der Waals surface area contributed by atoms with Gasteiger partial charge in [-0.1, -0.05) is 29.8 Å². The highest BCUT2D eigenvalue weighted by Crippen LogP contribution is 2.13. The Balaban J connectivity index is 2.00. The number of aryl methyl sites for hydroxylation is 1. The minimum absolute atomic E-state index is 0.125. The lowest BCUT2D eigenvalue weighted by atomic mass is 9.97. The number of hydrogen-bond donors (Lipinski definition) is 1. The minimum atomic E-state index is -0.125. The maximum atomic E-state index is 12.4. The summed E-state index contributed by atoms with van der Waals surface area (Å²) in [5, 5.41) is 0. The molecule has 0 radical (unpaired) electrons. The molecule has 2 rings (SSSR count). The summed E-state index contributed by atoms with van der Waals surface area (Å²) in [6, 6.07) is 8.26. The Morgan fingerprint density at radius 1 is 1.42 bits per heavy atom. The van der Waals surface area contributed by atoms with Gasteiger partial charge < -0.3 is 15.4 Å². The molecule has 1 saturated heterocycles. The first kappa shape index (κ1) is 14.0. The van der Waals surface area contributed by atoms with Gasteiger partial charge in [-0.3, -0.25) is 4.79 Å². The number of amides is 1. The molecule has 1 unspecified atom stereocenters. The van der Waals surface area contributed by atoms with Gasteiger partial charge in [-0.25, -0.2) is 0 Å². The molecular weight excluding hydrogens is 240 g/mol. The summed E-state index contributed by atoms with van der Waals surface area (Å²) >= 11 is 0.